The van der Waals surface area contributed by atoms with E-state index in [0.717, 1.165) is 0 Å². The molecule has 0 aliphatic carbocycles. The maximum Gasteiger partial charge on any atom is 0.506 e. The summed E-state index contributed by atoms with van der Waals surface area (Å²) >= 11 is 0. The van der Waals surface area contributed by atoms with Crippen LogP contribution in [0, 0.1) is 0 Å². The molecule has 0 aliphatic rings. The van der Waals surface area contributed by atoms with Gasteiger partial charge in [-0.1, -0.05) is 6.07 Å². The van der Waals surface area contributed by atoms with E-state index in [2.05, 4.69) is 8.37 Å². The second-order valence-corrected chi connectivity index (χ2v) is 11.5. The van der Waals surface area contributed by atoms with Gasteiger partial charge in [0.05, 0.1) is 0 Å². The van der Waals surface area contributed by atoms with Gasteiger partial charge in [0.25, 0.3) is 0 Å². The molecule has 31 heavy (non-hydrogen) atoms. The van der Waals surface area contributed by atoms with Crippen LogP contribution in [0.15, 0.2) is 18.2 Å². The van der Waals surface area contributed by atoms with E-state index in [-0.39, 0.29) is 12.1 Å². The van der Waals surface area contributed by atoms with Crippen molar-refractivity contribution in [1.29, 1.82) is 0 Å². The molecule has 1 aromatic rings. The van der Waals surface area contributed by atoms with Gasteiger partial charge in [0.1, 0.15) is 5.56 Å². The highest BCUT2D eigenvalue weighted by Crippen LogP contribution is 2.37. The average molecular weight is 542 g/mol. The Balaban J connectivity index is 3.67. The highest BCUT2D eigenvalue weighted by Gasteiger charge is 2.61. The van der Waals surface area contributed by atoms with Gasteiger partial charge in [0.2, 0.25) is 0 Å². The first-order valence-corrected chi connectivity index (χ1v) is 12.1. The summed E-state index contributed by atoms with van der Waals surface area (Å²) < 4.78 is 153. The zero-order valence-electron chi connectivity index (χ0n) is 13.7. The minimum Gasteiger partial charge on any atom is -0.477 e. The first-order chi connectivity index (χ1) is 13.5. The van der Waals surface area contributed by atoms with Crippen molar-refractivity contribution in [2.24, 2.45) is 0 Å². The number of aromatic carboxylic acids is 1. The Morgan fingerprint density at radius 1 is 0.742 bits per heavy atom. The van der Waals surface area contributed by atoms with Gasteiger partial charge in [-0.25, -0.2) is 4.79 Å². The standard InChI is InChI=1S/C9H6F4O14S4/c10-8(11,28(16,17)18)30(22,23)26-4-2-1-3-5(6(4)7(14)15)27-31(24,25)9(12,13)29(19,20)21/h1-3H,(H,14,15)(H,16,17,18)(H,19,20,21). The second-order valence-electron chi connectivity index (χ2n) is 4.89. The second kappa shape index (κ2) is 7.70. The van der Waals surface area contributed by atoms with Crippen molar-refractivity contribution in [3.63, 3.8) is 0 Å². The molecule has 0 saturated heterocycles. The lowest BCUT2D eigenvalue weighted by atomic mass is 10.2. The lowest BCUT2D eigenvalue weighted by Gasteiger charge is -2.18. The number of carboxylic acids is 1. The van der Waals surface area contributed by atoms with E-state index in [0.29, 0.717) is 6.07 Å². The van der Waals surface area contributed by atoms with E-state index >= 15 is 0 Å². The smallest absolute Gasteiger partial charge is 0.477 e. The maximum atomic E-state index is 13.4. The summed E-state index contributed by atoms with van der Waals surface area (Å²) in [7, 11) is -26.9. The molecule has 0 fully saturated rings. The molecular weight excluding hydrogens is 536 g/mol. The van der Waals surface area contributed by atoms with Crippen LogP contribution in [0.3, 0.4) is 0 Å². The predicted octanol–water partition coefficient (Wildman–Crippen LogP) is -0.322. The summed E-state index contributed by atoms with van der Waals surface area (Å²) in [6.45, 7) is 0. The van der Waals surface area contributed by atoms with E-state index < -0.39 is 72.7 Å². The summed E-state index contributed by atoms with van der Waals surface area (Å²) in [5, 5.41) is 9.01. The number of hydrogen-bond donors (Lipinski definition) is 3. The van der Waals surface area contributed by atoms with Crippen molar-refractivity contribution in [2.45, 2.75) is 9.17 Å². The molecule has 0 radical (unpaired) electrons. The summed E-state index contributed by atoms with van der Waals surface area (Å²) in [5.41, 5.74) is -1.91. The number of carboxylic acid groups (broad SMARTS) is 1. The molecule has 0 atom stereocenters. The molecule has 0 spiro atoms. The number of benzene rings is 1. The molecule has 0 heterocycles. The molecule has 3 N–H and O–H groups in total. The van der Waals surface area contributed by atoms with Gasteiger partial charge in [0.15, 0.2) is 11.5 Å². The van der Waals surface area contributed by atoms with Gasteiger partial charge >= 0.3 is 55.6 Å². The SMILES string of the molecule is O=C(O)c1c(OS(=O)(=O)C(F)(F)S(=O)(=O)O)cccc1OS(=O)(=O)C(F)(F)S(=O)(=O)O. The van der Waals surface area contributed by atoms with Crippen molar-refractivity contribution in [2.75, 3.05) is 0 Å². The molecule has 0 bridgehead atoms. The number of rotatable bonds is 9. The van der Waals surface area contributed by atoms with Crippen LogP contribution in [0.5, 0.6) is 11.5 Å². The molecular formula is C9H6F4O14S4. The average Bonchev–Trinajstić information content (AvgIpc) is 2.51. The third-order valence-electron chi connectivity index (χ3n) is 2.78. The van der Waals surface area contributed by atoms with Gasteiger partial charge in [0, 0.05) is 0 Å². The zero-order valence-corrected chi connectivity index (χ0v) is 17.0. The van der Waals surface area contributed by atoms with E-state index in [1.807, 2.05) is 0 Å². The Bertz CT molecular complexity index is 1230. The van der Waals surface area contributed by atoms with Gasteiger partial charge < -0.3 is 13.5 Å². The summed E-state index contributed by atoms with van der Waals surface area (Å²) in [6.07, 6.45) is 0. The van der Waals surface area contributed by atoms with Crippen molar-refractivity contribution in [3.8, 4) is 11.5 Å². The predicted molar refractivity (Wildman–Crippen MR) is 85.5 cm³/mol. The molecule has 0 amide bonds. The molecule has 1 aromatic carbocycles. The summed E-state index contributed by atoms with van der Waals surface area (Å²) in [6, 6.07) is 0.724. The van der Waals surface area contributed by atoms with Crippen LogP contribution in [-0.2, 0) is 40.5 Å². The number of hydrogen-bond acceptors (Lipinski definition) is 11. The third-order valence-corrected chi connectivity index (χ3v) is 8.44. The largest absolute Gasteiger partial charge is 0.506 e. The highest BCUT2D eigenvalue weighted by molar-refractivity contribution is 8.05. The van der Waals surface area contributed by atoms with Crippen LogP contribution >= 0.6 is 0 Å². The van der Waals surface area contributed by atoms with E-state index in [4.69, 9.17) is 14.2 Å². The van der Waals surface area contributed by atoms with Crippen LogP contribution in [0.2, 0.25) is 0 Å². The van der Waals surface area contributed by atoms with Gasteiger partial charge in [-0.2, -0.15) is 51.2 Å². The molecule has 0 aliphatic heterocycles. The fourth-order valence-corrected chi connectivity index (χ4v) is 4.66. The van der Waals surface area contributed by atoms with Crippen molar-refractivity contribution >= 4 is 46.4 Å². The van der Waals surface area contributed by atoms with Crippen molar-refractivity contribution in [1.82, 2.24) is 0 Å². The van der Waals surface area contributed by atoms with Gasteiger partial charge in [-0.05, 0) is 12.1 Å². The molecule has 14 nitrogen and oxygen atoms in total. The Morgan fingerprint density at radius 3 is 1.26 bits per heavy atom. The normalized spacial score (nSPS) is 14.1. The first kappa shape index (κ1) is 26.8. The first-order valence-electron chi connectivity index (χ1n) is 6.43. The van der Waals surface area contributed by atoms with Crippen LogP contribution in [0.4, 0.5) is 17.6 Å². The van der Waals surface area contributed by atoms with Crippen molar-refractivity contribution in [3.05, 3.63) is 23.8 Å². The van der Waals surface area contributed by atoms with Crippen LogP contribution in [0.25, 0.3) is 0 Å². The lowest BCUT2D eigenvalue weighted by molar-refractivity contribution is 0.0692. The number of halogens is 4. The van der Waals surface area contributed by atoms with E-state index in [1.54, 1.807) is 0 Å². The molecule has 0 saturated carbocycles. The fourth-order valence-electron chi connectivity index (χ4n) is 1.45. The van der Waals surface area contributed by atoms with E-state index in [1.165, 1.54) is 0 Å². The van der Waals surface area contributed by atoms with Crippen LogP contribution in [-0.4, -0.2) is 63.0 Å². The van der Waals surface area contributed by atoms with Crippen molar-refractivity contribution < 1.29 is 78.6 Å². The van der Waals surface area contributed by atoms with E-state index in [9.17, 15) is 56.0 Å². The number of carbonyl (C=O) groups is 1. The van der Waals surface area contributed by atoms with Gasteiger partial charge in [-0.15, -0.1) is 0 Å². The topological polar surface area (TPSA) is 233 Å². The molecule has 0 unspecified atom stereocenters. The Morgan fingerprint density at radius 2 is 1.03 bits per heavy atom. The fraction of sp³-hybridized carbons (Fsp3) is 0.222. The summed E-state index contributed by atoms with van der Waals surface area (Å²) in [4.78, 5) is 11.2. The zero-order chi connectivity index (χ0) is 24.8. The molecule has 1 rings (SSSR count). The monoisotopic (exact) mass is 542 g/mol. The minimum atomic E-state index is -6.76. The maximum absolute atomic E-state index is 13.4. The Labute approximate surface area is 169 Å². The number of alkyl halides is 4. The lowest BCUT2D eigenvalue weighted by Crippen LogP contribution is -2.41. The Hall–Kier alpha value is -2.27. The van der Waals surface area contributed by atoms with Gasteiger partial charge in [-0.3, -0.25) is 9.11 Å². The third kappa shape index (κ3) is 4.82. The summed E-state index contributed by atoms with van der Waals surface area (Å²) in [5.74, 6) is -6.17. The Kier molecular flexibility index (Phi) is 6.65. The molecule has 178 valence electrons. The van der Waals surface area contributed by atoms with Crippen LogP contribution in [0.1, 0.15) is 10.4 Å². The quantitative estimate of drug-likeness (QED) is 0.206. The molecule has 0 aromatic heterocycles. The highest BCUT2D eigenvalue weighted by atomic mass is 32.3. The molecule has 22 heteroatoms. The minimum absolute atomic E-state index is 0.182. The van der Waals surface area contributed by atoms with Crippen LogP contribution < -0.4 is 8.37 Å².